The van der Waals surface area contributed by atoms with Crippen LogP contribution in [0.2, 0.25) is 0 Å². The highest BCUT2D eigenvalue weighted by Gasteiger charge is 2.09. The molecule has 0 atom stereocenters. The van der Waals surface area contributed by atoms with Gasteiger partial charge in [0.15, 0.2) is 0 Å². The van der Waals surface area contributed by atoms with Crippen LogP contribution in [0.3, 0.4) is 0 Å². The van der Waals surface area contributed by atoms with Crippen molar-refractivity contribution in [3.8, 4) is 0 Å². The Balaban J connectivity index is 1.52. The molecule has 0 saturated carbocycles. The van der Waals surface area contributed by atoms with E-state index in [9.17, 15) is 8.78 Å². The van der Waals surface area contributed by atoms with Crippen molar-refractivity contribution in [2.75, 3.05) is 38.2 Å². The van der Waals surface area contributed by atoms with E-state index < -0.39 is 13.0 Å². The number of nitrogens with one attached hydrogen (secondary N) is 2. The van der Waals surface area contributed by atoms with Crippen LogP contribution in [0, 0.1) is 0 Å². The third-order valence-corrected chi connectivity index (χ3v) is 3.66. The Kier molecular flexibility index (Phi) is 7.53. The molecule has 0 fully saturated rings. The molecule has 1 aliphatic rings. The molecule has 0 spiro atoms. The number of hydrogen-bond donors (Lipinski definition) is 2. The fourth-order valence-corrected chi connectivity index (χ4v) is 2.51. The van der Waals surface area contributed by atoms with Gasteiger partial charge in [0, 0.05) is 18.8 Å². The molecule has 0 bridgehead atoms. The van der Waals surface area contributed by atoms with Crippen molar-refractivity contribution in [2.24, 2.45) is 0 Å². The monoisotopic (exact) mass is 313 g/mol. The van der Waals surface area contributed by atoms with Gasteiger partial charge in [-0.2, -0.15) is 0 Å². The maximum atomic E-state index is 11.8. The number of rotatable bonds is 10. The summed E-state index contributed by atoms with van der Waals surface area (Å²) in [5, 5.41) is 6.54. The van der Waals surface area contributed by atoms with Crippen LogP contribution in [0.25, 0.3) is 0 Å². The van der Waals surface area contributed by atoms with Crippen molar-refractivity contribution in [3.63, 3.8) is 0 Å². The van der Waals surface area contributed by atoms with Crippen molar-refractivity contribution in [2.45, 2.75) is 38.5 Å². The number of halogens is 2. The van der Waals surface area contributed by atoms with Crippen LogP contribution < -0.4 is 10.6 Å². The van der Waals surface area contributed by atoms with Crippen molar-refractivity contribution in [3.05, 3.63) is 23.4 Å². The summed E-state index contributed by atoms with van der Waals surface area (Å²) in [6.45, 7) is 2.37. The predicted molar refractivity (Wildman–Crippen MR) is 83.7 cm³/mol. The van der Waals surface area contributed by atoms with Crippen LogP contribution in [0.1, 0.15) is 30.5 Å². The van der Waals surface area contributed by atoms with E-state index in [1.54, 1.807) is 0 Å². The van der Waals surface area contributed by atoms with Gasteiger partial charge < -0.3 is 15.4 Å². The Labute approximate surface area is 130 Å². The summed E-state index contributed by atoms with van der Waals surface area (Å²) in [6, 6.07) is 4.31. The zero-order valence-electron chi connectivity index (χ0n) is 12.9. The molecule has 1 aliphatic heterocycles. The topological polar surface area (TPSA) is 46.2 Å². The lowest BCUT2D eigenvalue weighted by atomic mass is 10.1. The van der Waals surface area contributed by atoms with Crippen LogP contribution in [0.15, 0.2) is 12.1 Å². The van der Waals surface area contributed by atoms with Gasteiger partial charge in [0.25, 0.3) is 6.43 Å². The Morgan fingerprint density at radius 1 is 1.27 bits per heavy atom. The van der Waals surface area contributed by atoms with E-state index in [4.69, 9.17) is 4.74 Å². The molecule has 4 nitrogen and oxygen atoms in total. The Bertz CT molecular complexity index is 443. The van der Waals surface area contributed by atoms with E-state index >= 15 is 0 Å². The van der Waals surface area contributed by atoms with E-state index in [1.807, 2.05) is 0 Å². The average Bonchev–Trinajstić information content (AvgIpc) is 2.53. The zero-order chi connectivity index (χ0) is 15.6. The summed E-state index contributed by atoms with van der Waals surface area (Å²) >= 11 is 0. The van der Waals surface area contributed by atoms with Crippen LogP contribution in [0.4, 0.5) is 14.6 Å². The molecule has 0 aromatic carbocycles. The standard InChI is InChI=1S/C16H25F2N3O/c17-15(18)12-22-11-10-19-8-2-1-5-14-7-6-13-4-3-9-20-16(13)21-14/h6-7,15,19H,1-5,8-12H2,(H,20,21). The van der Waals surface area contributed by atoms with Gasteiger partial charge in [-0.3, -0.25) is 0 Å². The number of fused-ring (bicyclic) bond motifs is 1. The number of alkyl halides is 2. The zero-order valence-corrected chi connectivity index (χ0v) is 12.9. The van der Waals surface area contributed by atoms with Gasteiger partial charge in [0.2, 0.25) is 0 Å². The van der Waals surface area contributed by atoms with Crippen molar-refractivity contribution >= 4 is 5.82 Å². The molecule has 22 heavy (non-hydrogen) atoms. The smallest absolute Gasteiger partial charge is 0.261 e. The molecule has 0 saturated heterocycles. The van der Waals surface area contributed by atoms with Crippen molar-refractivity contribution in [1.82, 2.24) is 10.3 Å². The van der Waals surface area contributed by atoms with Gasteiger partial charge in [0.1, 0.15) is 12.4 Å². The number of unbranched alkanes of at least 4 members (excludes halogenated alkanes) is 1. The van der Waals surface area contributed by atoms with Crippen LogP contribution in [-0.4, -0.2) is 44.3 Å². The number of aromatic nitrogens is 1. The second-order valence-electron chi connectivity index (χ2n) is 5.51. The molecule has 0 aliphatic carbocycles. The maximum Gasteiger partial charge on any atom is 0.261 e. The third kappa shape index (κ3) is 6.23. The molecule has 2 heterocycles. The predicted octanol–water partition coefficient (Wildman–Crippen LogP) is 2.63. The first-order chi connectivity index (χ1) is 10.8. The Morgan fingerprint density at radius 3 is 3.05 bits per heavy atom. The Hall–Kier alpha value is -1.27. The number of aryl methyl sites for hydroxylation is 2. The molecular weight excluding hydrogens is 288 g/mol. The summed E-state index contributed by atoms with van der Waals surface area (Å²) in [5.41, 5.74) is 2.45. The minimum atomic E-state index is -2.38. The number of nitrogens with zero attached hydrogens (tertiary/aromatic N) is 1. The fourth-order valence-electron chi connectivity index (χ4n) is 2.51. The SMILES string of the molecule is FC(F)COCCNCCCCc1ccc2c(n1)NCCC2. The number of ether oxygens (including phenoxy) is 1. The summed E-state index contributed by atoms with van der Waals surface area (Å²) in [5.74, 6) is 1.05. The van der Waals surface area contributed by atoms with E-state index in [-0.39, 0.29) is 0 Å². The van der Waals surface area contributed by atoms with E-state index in [1.165, 1.54) is 12.0 Å². The molecule has 1 aromatic rings. The molecule has 0 unspecified atom stereocenters. The average molecular weight is 313 g/mol. The lowest BCUT2D eigenvalue weighted by Gasteiger charge is -2.17. The highest BCUT2D eigenvalue weighted by Crippen LogP contribution is 2.20. The molecule has 0 radical (unpaired) electrons. The fraction of sp³-hybridized carbons (Fsp3) is 0.688. The van der Waals surface area contributed by atoms with Gasteiger partial charge in [-0.15, -0.1) is 0 Å². The highest BCUT2D eigenvalue weighted by molar-refractivity contribution is 5.46. The highest BCUT2D eigenvalue weighted by atomic mass is 19.3. The second kappa shape index (κ2) is 9.69. The van der Waals surface area contributed by atoms with Gasteiger partial charge in [-0.05, 0) is 50.3 Å². The summed E-state index contributed by atoms with van der Waals surface area (Å²) in [4.78, 5) is 4.67. The van der Waals surface area contributed by atoms with E-state index in [2.05, 4.69) is 27.8 Å². The lowest BCUT2D eigenvalue weighted by Crippen LogP contribution is -2.22. The molecule has 1 aromatic heterocycles. The Morgan fingerprint density at radius 2 is 2.18 bits per heavy atom. The first-order valence-electron chi connectivity index (χ1n) is 8.05. The van der Waals surface area contributed by atoms with Crippen molar-refractivity contribution < 1.29 is 13.5 Å². The van der Waals surface area contributed by atoms with Gasteiger partial charge >= 0.3 is 0 Å². The number of anilines is 1. The van der Waals surface area contributed by atoms with Gasteiger partial charge in [-0.1, -0.05) is 6.07 Å². The van der Waals surface area contributed by atoms with E-state index in [0.717, 1.165) is 50.3 Å². The third-order valence-electron chi connectivity index (χ3n) is 3.66. The number of hydrogen-bond acceptors (Lipinski definition) is 4. The first-order valence-corrected chi connectivity index (χ1v) is 8.05. The summed E-state index contributed by atoms with van der Waals surface area (Å²) < 4.78 is 28.4. The molecule has 6 heteroatoms. The van der Waals surface area contributed by atoms with Crippen LogP contribution in [0.5, 0.6) is 0 Å². The summed E-state index contributed by atoms with van der Waals surface area (Å²) in [7, 11) is 0. The normalized spacial score (nSPS) is 14.0. The van der Waals surface area contributed by atoms with Gasteiger partial charge in [-0.25, -0.2) is 13.8 Å². The maximum absolute atomic E-state index is 11.8. The quantitative estimate of drug-likeness (QED) is 0.652. The second-order valence-corrected chi connectivity index (χ2v) is 5.51. The van der Waals surface area contributed by atoms with Crippen molar-refractivity contribution in [1.29, 1.82) is 0 Å². The minimum Gasteiger partial charge on any atom is -0.374 e. The lowest BCUT2D eigenvalue weighted by molar-refractivity contribution is 0.0188. The summed E-state index contributed by atoms with van der Waals surface area (Å²) in [6.07, 6.45) is 3.00. The minimum absolute atomic E-state index is 0.336. The first kappa shape index (κ1) is 17.1. The molecule has 2 rings (SSSR count). The van der Waals surface area contributed by atoms with Crippen LogP contribution in [-0.2, 0) is 17.6 Å². The van der Waals surface area contributed by atoms with Gasteiger partial charge in [0.05, 0.1) is 6.61 Å². The van der Waals surface area contributed by atoms with E-state index in [0.29, 0.717) is 13.2 Å². The molecule has 2 N–H and O–H groups in total. The number of pyridine rings is 1. The molecule has 0 amide bonds. The van der Waals surface area contributed by atoms with Crippen LogP contribution >= 0.6 is 0 Å². The molecular formula is C16H25F2N3O. The largest absolute Gasteiger partial charge is 0.374 e. The molecule has 124 valence electrons.